The highest BCUT2D eigenvalue weighted by Crippen LogP contribution is 2.34. The van der Waals surface area contributed by atoms with Gasteiger partial charge in [-0.25, -0.2) is 4.68 Å². The minimum Gasteiger partial charge on any atom is -0.497 e. The lowest BCUT2D eigenvalue weighted by molar-refractivity contribution is 0.192. The number of aromatic nitrogens is 5. The van der Waals surface area contributed by atoms with E-state index >= 15 is 0 Å². The summed E-state index contributed by atoms with van der Waals surface area (Å²) in [6, 6.07) is 14.4. The minimum absolute atomic E-state index is 0.0722. The zero-order chi connectivity index (χ0) is 26.9. The predicted molar refractivity (Wildman–Crippen MR) is 153 cm³/mol. The molecule has 2 aromatic carbocycles. The number of aryl methyl sites for hydroxylation is 2. The number of tetrazole rings is 1. The third-order valence-corrected chi connectivity index (χ3v) is 8.67. The maximum absolute atomic E-state index is 13.7. The number of H-pyrrole nitrogens is 1. The largest absolute Gasteiger partial charge is 0.497 e. The topological polar surface area (TPSA) is 92.2 Å². The van der Waals surface area contributed by atoms with Gasteiger partial charge in [0, 0.05) is 37.4 Å². The van der Waals surface area contributed by atoms with Crippen LogP contribution in [0, 0.1) is 13.8 Å². The van der Waals surface area contributed by atoms with Gasteiger partial charge in [0.15, 0.2) is 5.82 Å². The molecule has 1 saturated carbocycles. The van der Waals surface area contributed by atoms with Gasteiger partial charge >= 0.3 is 0 Å². The lowest BCUT2D eigenvalue weighted by Gasteiger charge is -2.40. The van der Waals surface area contributed by atoms with Gasteiger partial charge in [-0.05, 0) is 84.0 Å². The molecule has 1 N–H and O–H groups in total. The summed E-state index contributed by atoms with van der Waals surface area (Å²) in [5.41, 5.74) is 4.98. The Balaban J connectivity index is 1.37. The molecule has 1 atom stereocenters. The Hall–Kier alpha value is -3.72. The van der Waals surface area contributed by atoms with E-state index in [-0.39, 0.29) is 17.6 Å². The molecule has 6 rings (SSSR count). The van der Waals surface area contributed by atoms with Crippen molar-refractivity contribution in [2.24, 2.45) is 0 Å². The zero-order valence-corrected chi connectivity index (χ0v) is 23.1. The molecule has 1 aliphatic carbocycles. The second kappa shape index (κ2) is 10.8. The molecule has 0 amide bonds. The molecule has 0 spiro atoms. The summed E-state index contributed by atoms with van der Waals surface area (Å²) in [4.78, 5) is 21.7. The van der Waals surface area contributed by atoms with Gasteiger partial charge < -0.3 is 14.6 Å². The second-order valence-electron chi connectivity index (χ2n) is 10.9. The van der Waals surface area contributed by atoms with Gasteiger partial charge in [0.1, 0.15) is 11.8 Å². The molecule has 1 aliphatic heterocycles. The second-order valence-corrected chi connectivity index (χ2v) is 10.9. The standard InChI is InChI=1S/C30H37N7O2/c1-20-9-10-22-19-26(30(38)31-27(22)21(20)2)28(29-32-33-34-37(29)24-7-5-4-6-8-24)36-17-15-35(16-18-36)23-11-13-25(39-3)14-12-23/h9-14,19,24,28H,4-8,15-18H2,1-3H3,(H,31,38)/t28-/m0/s1. The van der Waals surface area contributed by atoms with Crippen molar-refractivity contribution in [1.29, 1.82) is 0 Å². The molecule has 2 aliphatic rings. The molecule has 9 heteroatoms. The van der Waals surface area contributed by atoms with Crippen LogP contribution in [0.4, 0.5) is 5.69 Å². The Morgan fingerprint density at radius 1 is 0.974 bits per heavy atom. The lowest BCUT2D eigenvalue weighted by atomic mass is 9.94. The van der Waals surface area contributed by atoms with Crippen LogP contribution in [-0.2, 0) is 0 Å². The van der Waals surface area contributed by atoms with E-state index in [0.717, 1.165) is 67.1 Å². The third-order valence-electron chi connectivity index (χ3n) is 8.67. The molecule has 2 fully saturated rings. The number of hydrogen-bond donors (Lipinski definition) is 1. The molecule has 0 bridgehead atoms. The molecular weight excluding hydrogens is 490 g/mol. The van der Waals surface area contributed by atoms with Crippen molar-refractivity contribution in [3.8, 4) is 5.75 Å². The van der Waals surface area contributed by atoms with Gasteiger partial charge in [-0.1, -0.05) is 31.4 Å². The summed E-state index contributed by atoms with van der Waals surface area (Å²) < 4.78 is 7.35. The first-order valence-corrected chi connectivity index (χ1v) is 14.1. The predicted octanol–water partition coefficient (Wildman–Crippen LogP) is 4.56. The summed E-state index contributed by atoms with van der Waals surface area (Å²) in [5, 5.41) is 14.2. The number of rotatable bonds is 6. The Morgan fingerprint density at radius 2 is 1.72 bits per heavy atom. The fourth-order valence-electron chi connectivity index (χ4n) is 6.24. The first kappa shape index (κ1) is 25.6. The fourth-order valence-corrected chi connectivity index (χ4v) is 6.24. The first-order valence-electron chi connectivity index (χ1n) is 14.1. The number of anilines is 1. The van der Waals surface area contributed by atoms with Gasteiger partial charge in [-0.2, -0.15) is 0 Å². The smallest absolute Gasteiger partial charge is 0.253 e. The highest BCUT2D eigenvalue weighted by Gasteiger charge is 2.34. The quantitative estimate of drug-likeness (QED) is 0.393. The van der Waals surface area contributed by atoms with Crippen molar-refractivity contribution >= 4 is 16.6 Å². The summed E-state index contributed by atoms with van der Waals surface area (Å²) in [6.07, 6.45) is 5.77. The molecule has 204 valence electrons. The van der Waals surface area contributed by atoms with Crippen LogP contribution in [-0.4, -0.2) is 63.4 Å². The van der Waals surface area contributed by atoms with Gasteiger partial charge in [-0.15, -0.1) is 5.10 Å². The molecule has 1 saturated heterocycles. The summed E-state index contributed by atoms with van der Waals surface area (Å²) >= 11 is 0. The molecule has 2 aromatic heterocycles. The molecule has 9 nitrogen and oxygen atoms in total. The van der Waals surface area contributed by atoms with Gasteiger partial charge in [0.25, 0.3) is 5.56 Å². The van der Waals surface area contributed by atoms with Gasteiger partial charge in [0.05, 0.1) is 18.7 Å². The third kappa shape index (κ3) is 4.91. The van der Waals surface area contributed by atoms with E-state index in [1.165, 1.54) is 30.5 Å². The lowest BCUT2D eigenvalue weighted by Crippen LogP contribution is -2.49. The van der Waals surface area contributed by atoms with E-state index in [9.17, 15) is 4.79 Å². The van der Waals surface area contributed by atoms with Crippen molar-refractivity contribution in [3.63, 3.8) is 0 Å². The average Bonchev–Trinajstić information content (AvgIpc) is 3.46. The monoisotopic (exact) mass is 527 g/mol. The van der Waals surface area contributed by atoms with Gasteiger partial charge in [0.2, 0.25) is 0 Å². The van der Waals surface area contributed by atoms with Crippen LogP contribution < -0.4 is 15.2 Å². The molecule has 3 heterocycles. The van der Waals surface area contributed by atoms with E-state index < -0.39 is 0 Å². The van der Waals surface area contributed by atoms with Gasteiger partial charge in [-0.3, -0.25) is 9.69 Å². The molecule has 0 unspecified atom stereocenters. The number of fused-ring (bicyclic) bond motifs is 1. The maximum Gasteiger partial charge on any atom is 0.253 e. The zero-order valence-electron chi connectivity index (χ0n) is 23.1. The number of nitrogens with one attached hydrogen (secondary N) is 1. The van der Waals surface area contributed by atoms with Crippen molar-refractivity contribution in [2.45, 2.75) is 58.0 Å². The fraction of sp³-hybridized carbons (Fsp3) is 0.467. The SMILES string of the molecule is COc1ccc(N2CCN([C@@H](c3cc4ccc(C)c(C)c4[nH]c3=O)c3nnnn3C3CCCCC3)CC2)cc1. The molecule has 39 heavy (non-hydrogen) atoms. The minimum atomic E-state index is -0.324. The Kier molecular flexibility index (Phi) is 7.08. The van der Waals surface area contributed by atoms with Crippen molar-refractivity contribution in [3.05, 3.63) is 75.3 Å². The molecule has 4 aromatic rings. The van der Waals surface area contributed by atoms with Crippen molar-refractivity contribution in [1.82, 2.24) is 30.1 Å². The van der Waals surface area contributed by atoms with E-state index in [1.807, 2.05) is 16.8 Å². The number of ether oxygens (including phenoxy) is 1. The summed E-state index contributed by atoms with van der Waals surface area (Å²) in [6.45, 7) is 7.41. The van der Waals surface area contributed by atoms with E-state index in [0.29, 0.717) is 5.56 Å². The van der Waals surface area contributed by atoms with Crippen LogP contribution >= 0.6 is 0 Å². The average molecular weight is 528 g/mol. The Labute approximate surface area is 228 Å². The van der Waals surface area contributed by atoms with Crippen molar-refractivity contribution in [2.75, 3.05) is 38.2 Å². The number of methoxy groups -OCH3 is 1. The summed E-state index contributed by atoms with van der Waals surface area (Å²) in [5.74, 6) is 1.63. The van der Waals surface area contributed by atoms with Crippen LogP contribution in [0.25, 0.3) is 10.9 Å². The summed E-state index contributed by atoms with van der Waals surface area (Å²) in [7, 11) is 1.69. The number of pyridine rings is 1. The Bertz CT molecular complexity index is 1500. The van der Waals surface area contributed by atoms with E-state index in [1.54, 1.807) is 7.11 Å². The van der Waals surface area contributed by atoms with Crippen LogP contribution in [0.2, 0.25) is 0 Å². The van der Waals surface area contributed by atoms with Crippen LogP contribution in [0.5, 0.6) is 5.75 Å². The highest BCUT2D eigenvalue weighted by molar-refractivity contribution is 5.83. The van der Waals surface area contributed by atoms with Crippen LogP contribution in [0.15, 0.2) is 47.3 Å². The first-order chi connectivity index (χ1) is 19.0. The van der Waals surface area contributed by atoms with Crippen LogP contribution in [0.1, 0.15) is 66.7 Å². The van der Waals surface area contributed by atoms with Crippen LogP contribution in [0.3, 0.4) is 0 Å². The molecule has 0 radical (unpaired) electrons. The molecular formula is C30H37N7O2. The normalized spacial score (nSPS) is 18.0. The number of aromatic amines is 1. The number of nitrogens with zero attached hydrogens (tertiary/aromatic N) is 6. The van der Waals surface area contributed by atoms with Crippen molar-refractivity contribution < 1.29 is 4.74 Å². The maximum atomic E-state index is 13.7. The number of hydrogen-bond acceptors (Lipinski definition) is 7. The number of benzene rings is 2. The number of piperazine rings is 1. The van der Waals surface area contributed by atoms with E-state index in [2.05, 4.69) is 74.5 Å². The Morgan fingerprint density at radius 3 is 2.44 bits per heavy atom. The highest BCUT2D eigenvalue weighted by atomic mass is 16.5. The van der Waals surface area contributed by atoms with E-state index in [4.69, 9.17) is 4.74 Å².